The van der Waals surface area contributed by atoms with Crippen LogP contribution in [0.1, 0.15) is 15.9 Å². The number of nitrogens with one attached hydrogen (secondary N) is 1. The Labute approximate surface area is 175 Å². The van der Waals surface area contributed by atoms with Crippen LogP contribution in [0.15, 0.2) is 48.2 Å². The molecule has 2 aliphatic rings. The van der Waals surface area contributed by atoms with Gasteiger partial charge in [-0.2, -0.15) is 0 Å². The number of nitrogens with zero attached hydrogens (tertiary/aromatic N) is 1. The van der Waals surface area contributed by atoms with Crippen molar-refractivity contribution in [3.05, 3.63) is 64.3 Å². The summed E-state index contributed by atoms with van der Waals surface area (Å²) in [5.74, 6) is 0.995. The molecule has 0 aliphatic carbocycles. The number of halogens is 1. The number of carbonyl (C=O) groups excluding carboxylic acids is 3. The fraction of sp³-hybridized carbons (Fsp3) is 0.150. The third-order valence-corrected chi connectivity index (χ3v) is 5.23. The normalized spacial score (nSPS) is 17.2. The van der Waals surface area contributed by atoms with Crippen molar-refractivity contribution in [2.75, 3.05) is 19.9 Å². The molecule has 0 atom stereocenters. The van der Waals surface area contributed by atoms with Gasteiger partial charge in [0.2, 0.25) is 5.12 Å². The molecule has 1 N–H and O–H groups in total. The standard InChI is InChI=1S/C20H15ClN2O5S/c21-13-3-6-17-15(10-13)18(24)23(11-28-17)7-8-27-14-4-1-12(2-5-14)9-16-19(25)29-20(26)22-16/h1-6,9-10H,7-8,11H2,(H,22,26). The summed E-state index contributed by atoms with van der Waals surface area (Å²) < 4.78 is 11.3. The zero-order chi connectivity index (χ0) is 20.4. The molecule has 0 saturated carbocycles. The molecule has 1 saturated heterocycles. The topological polar surface area (TPSA) is 84.9 Å². The van der Waals surface area contributed by atoms with Gasteiger partial charge in [0.1, 0.15) is 18.1 Å². The van der Waals surface area contributed by atoms with Gasteiger partial charge < -0.3 is 19.7 Å². The number of amides is 2. The average molecular weight is 431 g/mol. The third kappa shape index (κ3) is 4.38. The zero-order valence-corrected chi connectivity index (χ0v) is 16.6. The molecule has 148 valence electrons. The number of hydrogen-bond donors (Lipinski definition) is 1. The highest BCUT2D eigenvalue weighted by Gasteiger charge is 2.26. The molecule has 0 aromatic heterocycles. The van der Waals surface area contributed by atoms with Crippen LogP contribution in [-0.2, 0) is 4.79 Å². The van der Waals surface area contributed by atoms with Crippen molar-refractivity contribution in [3.63, 3.8) is 0 Å². The summed E-state index contributed by atoms with van der Waals surface area (Å²) in [4.78, 5) is 36.9. The van der Waals surface area contributed by atoms with Gasteiger partial charge in [0.05, 0.1) is 17.8 Å². The van der Waals surface area contributed by atoms with Crippen LogP contribution in [0.2, 0.25) is 5.02 Å². The van der Waals surface area contributed by atoms with Gasteiger partial charge >= 0.3 is 0 Å². The summed E-state index contributed by atoms with van der Waals surface area (Å²) in [7, 11) is 0. The maximum atomic E-state index is 12.5. The van der Waals surface area contributed by atoms with Gasteiger partial charge in [-0.3, -0.25) is 14.4 Å². The Balaban J connectivity index is 1.32. The Morgan fingerprint density at radius 3 is 2.69 bits per heavy atom. The SMILES string of the molecule is O=C1NC(=Cc2ccc(OCCN3COc4ccc(Cl)cc4C3=O)cc2)C(=O)S1. The van der Waals surface area contributed by atoms with E-state index in [9.17, 15) is 14.4 Å². The van der Waals surface area contributed by atoms with Crippen molar-refractivity contribution < 1.29 is 23.9 Å². The summed E-state index contributed by atoms with van der Waals surface area (Å²) in [6, 6.07) is 12.0. The zero-order valence-electron chi connectivity index (χ0n) is 15.0. The van der Waals surface area contributed by atoms with E-state index in [-0.39, 0.29) is 35.3 Å². The van der Waals surface area contributed by atoms with E-state index in [1.807, 2.05) is 0 Å². The number of fused-ring (bicyclic) bond motifs is 1. The fourth-order valence-corrected chi connectivity index (χ4v) is 3.58. The highest BCUT2D eigenvalue weighted by molar-refractivity contribution is 8.27. The van der Waals surface area contributed by atoms with Gasteiger partial charge in [0.15, 0.2) is 6.73 Å². The molecular formula is C20H15ClN2O5S. The van der Waals surface area contributed by atoms with Crippen molar-refractivity contribution in [1.82, 2.24) is 10.2 Å². The Morgan fingerprint density at radius 2 is 1.97 bits per heavy atom. The molecule has 2 aromatic carbocycles. The molecule has 0 radical (unpaired) electrons. The van der Waals surface area contributed by atoms with E-state index in [2.05, 4.69) is 5.32 Å². The van der Waals surface area contributed by atoms with Crippen LogP contribution in [0, 0.1) is 0 Å². The van der Waals surface area contributed by atoms with Crippen LogP contribution >= 0.6 is 23.4 Å². The molecule has 2 aromatic rings. The lowest BCUT2D eigenvalue weighted by Gasteiger charge is -2.28. The van der Waals surface area contributed by atoms with Crippen molar-refractivity contribution in [2.24, 2.45) is 0 Å². The summed E-state index contributed by atoms with van der Waals surface area (Å²) in [5.41, 5.74) is 1.46. The average Bonchev–Trinajstić information content (AvgIpc) is 3.02. The maximum Gasteiger partial charge on any atom is 0.291 e. The van der Waals surface area contributed by atoms with Crippen LogP contribution in [0.3, 0.4) is 0 Å². The Kier molecular flexibility index (Phi) is 5.46. The molecule has 1 fully saturated rings. The fourth-order valence-electron chi connectivity index (χ4n) is 2.86. The molecule has 29 heavy (non-hydrogen) atoms. The second-order valence-corrected chi connectivity index (χ2v) is 7.64. The van der Waals surface area contributed by atoms with Gasteiger partial charge in [0, 0.05) is 16.8 Å². The Bertz CT molecular complexity index is 1020. The summed E-state index contributed by atoms with van der Waals surface area (Å²) >= 11 is 6.60. The maximum absolute atomic E-state index is 12.5. The Morgan fingerprint density at radius 1 is 1.17 bits per heavy atom. The first-order valence-electron chi connectivity index (χ1n) is 8.69. The van der Waals surface area contributed by atoms with Gasteiger partial charge in [-0.1, -0.05) is 23.7 Å². The molecule has 9 heteroatoms. The van der Waals surface area contributed by atoms with Crippen LogP contribution in [0.5, 0.6) is 11.5 Å². The second-order valence-electron chi connectivity index (χ2n) is 6.26. The van der Waals surface area contributed by atoms with Crippen molar-refractivity contribution in [1.29, 1.82) is 0 Å². The molecule has 2 aliphatic heterocycles. The number of benzene rings is 2. The number of thioether (sulfide) groups is 1. The van der Waals surface area contributed by atoms with Crippen LogP contribution in [-0.4, -0.2) is 41.0 Å². The van der Waals surface area contributed by atoms with E-state index in [0.717, 1.165) is 5.56 Å². The highest BCUT2D eigenvalue weighted by atomic mass is 35.5. The van der Waals surface area contributed by atoms with E-state index in [4.69, 9.17) is 21.1 Å². The summed E-state index contributed by atoms with van der Waals surface area (Å²) in [6.07, 6.45) is 1.61. The molecular weight excluding hydrogens is 416 g/mol. The molecule has 0 spiro atoms. The van der Waals surface area contributed by atoms with Crippen molar-refractivity contribution in [2.45, 2.75) is 0 Å². The number of hydrogen-bond acceptors (Lipinski definition) is 6. The monoisotopic (exact) mass is 430 g/mol. The predicted octanol–water partition coefficient (Wildman–Crippen LogP) is 3.54. The lowest BCUT2D eigenvalue weighted by atomic mass is 10.1. The van der Waals surface area contributed by atoms with Crippen molar-refractivity contribution in [3.8, 4) is 11.5 Å². The third-order valence-electron chi connectivity index (χ3n) is 4.30. The number of ether oxygens (including phenoxy) is 2. The molecule has 2 amide bonds. The molecule has 0 bridgehead atoms. The smallest absolute Gasteiger partial charge is 0.291 e. The molecule has 4 rings (SSSR count). The first-order chi connectivity index (χ1) is 14.0. The minimum Gasteiger partial charge on any atom is -0.492 e. The minimum atomic E-state index is -0.373. The van der Waals surface area contributed by atoms with Gasteiger partial charge in [-0.25, -0.2) is 0 Å². The molecule has 0 unspecified atom stereocenters. The second kappa shape index (κ2) is 8.18. The highest BCUT2D eigenvalue weighted by Crippen LogP contribution is 2.27. The lowest BCUT2D eigenvalue weighted by Crippen LogP contribution is -2.41. The quantitative estimate of drug-likeness (QED) is 0.730. The van der Waals surface area contributed by atoms with Gasteiger partial charge in [0.25, 0.3) is 11.1 Å². The molecule has 7 nitrogen and oxygen atoms in total. The van der Waals surface area contributed by atoms with E-state index in [1.165, 1.54) is 0 Å². The van der Waals surface area contributed by atoms with Crippen LogP contribution in [0.25, 0.3) is 6.08 Å². The number of carbonyl (C=O) groups is 3. The van der Waals surface area contributed by atoms with Crippen molar-refractivity contribution >= 4 is 45.7 Å². The van der Waals surface area contributed by atoms with Gasteiger partial charge in [-0.05, 0) is 42.0 Å². The lowest BCUT2D eigenvalue weighted by molar-refractivity contribution is -0.107. The Hall–Kier alpha value is -2.97. The van der Waals surface area contributed by atoms with E-state index in [0.29, 0.717) is 40.4 Å². The van der Waals surface area contributed by atoms with Crippen LogP contribution < -0.4 is 14.8 Å². The number of rotatable bonds is 5. The first kappa shape index (κ1) is 19.4. The summed E-state index contributed by atoms with van der Waals surface area (Å²) in [5, 5.41) is 2.30. The first-order valence-corrected chi connectivity index (χ1v) is 9.88. The largest absolute Gasteiger partial charge is 0.492 e. The molecule has 2 heterocycles. The predicted molar refractivity (Wildman–Crippen MR) is 109 cm³/mol. The van der Waals surface area contributed by atoms with E-state index in [1.54, 1.807) is 53.4 Å². The van der Waals surface area contributed by atoms with E-state index >= 15 is 0 Å². The van der Waals surface area contributed by atoms with E-state index < -0.39 is 0 Å². The minimum absolute atomic E-state index is 0.152. The van der Waals surface area contributed by atoms with Crippen LogP contribution in [0.4, 0.5) is 4.79 Å². The van der Waals surface area contributed by atoms with Gasteiger partial charge in [-0.15, -0.1) is 0 Å². The summed E-state index contributed by atoms with van der Waals surface area (Å²) in [6.45, 7) is 0.798.